The number of hydrogen-bond acceptors (Lipinski definition) is 2. The molecule has 0 radical (unpaired) electrons. The van der Waals surface area contributed by atoms with Gasteiger partial charge in [0.15, 0.2) is 0 Å². The first kappa shape index (κ1) is 9.75. The molecule has 0 spiro atoms. The summed E-state index contributed by atoms with van der Waals surface area (Å²) < 4.78 is 1.53. The van der Waals surface area contributed by atoms with Crippen molar-refractivity contribution in [1.29, 1.82) is 0 Å². The summed E-state index contributed by atoms with van der Waals surface area (Å²) in [5.74, 6) is 0. The van der Waals surface area contributed by atoms with Gasteiger partial charge in [0.2, 0.25) is 0 Å². The molecule has 0 aliphatic carbocycles. The summed E-state index contributed by atoms with van der Waals surface area (Å²) in [4.78, 5) is 11.1. The minimum atomic E-state index is 0. The molecule has 0 atom stereocenters. The molecule has 1 aromatic heterocycles. The topological polar surface area (TPSA) is 34.0 Å². The van der Waals surface area contributed by atoms with Crippen LogP contribution in [0.5, 0.6) is 0 Å². The van der Waals surface area contributed by atoms with Crippen LogP contribution in [0.25, 0.3) is 0 Å². The Morgan fingerprint density at radius 3 is 2.64 bits per heavy atom. The van der Waals surface area contributed by atoms with E-state index in [0.29, 0.717) is 5.69 Å². The molecular formula is C8H14N2O. The van der Waals surface area contributed by atoms with Gasteiger partial charge in [-0.05, 0) is 12.1 Å². The highest BCUT2D eigenvalue weighted by Gasteiger charge is 1.94. The molecule has 62 valence electrons. The molecule has 0 aliphatic heterocycles. The van der Waals surface area contributed by atoms with Crippen LogP contribution in [0.15, 0.2) is 23.1 Å². The molecule has 0 bridgehead atoms. The van der Waals surface area contributed by atoms with Crippen molar-refractivity contribution in [2.75, 3.05) is 12.4 Å². The molecule has 0 saturated carbocycles. The van der Waals surface area contributed by atoms with E-state index in [2.05, 4.69) is 5.32 Å². The molecule has 3 heteroatoms. The van der Waals surface area contributed by atoms with E-state index in [1.165, 1.54) is 4.57 Å². The molecule has 1 N–H and O–H groups in total. The molecule has 11 heavy (non-hydrogen) atoms. The van der Waals surface area contributed by atoms with Gasteiger partial charge in [0.25, 0.3) is 5.56 Å². The minimum absolute atomic E-state index is 0. The molecule has 1 heterocycles. The van der Waals surface area contributed by atoms with E-state index >= 15 is 0 Å². The van der Waals surface area contributed by atoms with Gasteiger partial charge in [-0.2, -0.15) is 0 Å². The van der Waals surface area contributed by atoms with Crippen molar-refractivity contribution in [2.24, 2.45) is 7.05 Å². The van der Waals surface area contributed by atoms with Crippen molar-refractivity contribution in [3.63, 3.8) is 0 Å². The predicted octanol–water partition coefficient (Wildman–Crippen LogP) is 1.06. The Morgan fingerprint density at radius 2 is 2.18 bits per heavy atom. The number of aryl methyl sites for hydroxylation is 1. The number of hydrogen-bond donors (Lipinski definition) is 1. The normalized spacial score (nSPS) is 8.55. The summed E-state index contributed by atoms with van der Waals surface area (Å²) in [5.41, 5.74) is 0.634. The summed E-state index contributed by atoms with van der Waals surface area (Å²) in [6, 6.07) is 3.58. The Hall–Kier alpha value is -1.25. The molecular weight excluding hydrogens is 140 g/mol. The van der Waals surface area contributed by atoms with Gasteiger partial charge >= 0.3 is 0 Å². The van der Waals surface area contributed by atoms with E-state index in [0.717, 1.165) is 0 Å². The lowest BCUT2D eigenvalue weighted by Gasteiger charge is -1.99. The van der Waals surface area contributed by atoms with Gasteiger partial charge in [-0.15, -0.1) is 0 Å². The van der Waals surface area contributed by atoms with Crippen LogP contribution in [0.3, 0.4) is 0 Å². The van der Waals surface area contributed by atoms with E-state index < -0.39 is 0 Å². The monoisotopic (exact) mass is 154 g/mol. The Morgan fingerprint density at radius 1 is 1.55 bits per heavy atom. The second-order valence-corrected chi connectivity index (χ2v) is 2.09. The average molecular weight is 154 g/mol. The largest absolute Gasteiger partial charge is 0.384 e. The summed E-state index contributed by atoms with van der Waals surface area (Å²) >= 11 is 0. The number of pyridine rings is 1. The third-order valence-corrected chi connectivity index (χ3v) is 1.39. The second kappa shape index (κ2) is 3.81. The van der Waals surface area contributed by atoms with Crippen molar-refractivity contribution >= 4 is 5.69 Å². The third-order valence-electron chi connectivity index (χ3n) is 1.39. The molecule has 0 amide bonds. The maximum Gasteiger partial charge on any atom is 0.273 e. The first-order valence-electron chi connectivity index (χ1n) is 3.09. The number of aromatic nitrogens is 1. The molecule has 1 aromatic rings. The molecule has 0 aliphatic rings. The zero-order valence-electron chi connectivity index (χ0n) is 6.09. The van der Waals surface area contributed by atoms with Crippen molar-refractivity contribution < 1.29 is 0 Å². The average Bonchev–Trinajstić information content (AvgIpc) is 1.95. The lowest BCUT2D eigenvalue weighted by Crippen LogP contribution is -2.18. The van der Waals surface area contributed by atoms with Gasteiger partial charge in [-0.1, -0.05) is 7.43 Å². The lowest BCUT2D eigenvalue weighted by atomic mass is 10.4. The van der Waals surface area contributed by atoms with Crippen molar-refractivity contribution in [3.05, 3.63) is 28.7 Å². The van der Waals surface area contributed by atoms with Gasteiger partial charge in [-0.25, -0.2) is 0 Å². The number of anilines is 1. The maximum atomic E-state index is 11.1. The standard InChI is InChI=1S/C7H10N2O.CH4/c1-8-6-4-3-5-9(2)7(6)10;/h3-5,8H,1-2H3;1H4. The van der Waals surface area contributed by atoms with E-state index in [9.17, 15) is 4.79 Å². The zero-order valence-corrected chi connectivity index (χ0v) is 6.09. The van der Waals surface area contributed by atoms with Crippen LogP contribution in [0.1, 0.15) is 7.43 Å². The van der Waals surface area contributed by atoms with Crippen LogP contribution in [0.2, 0.25) is 0 Å². The van der Waals surface area contributed by atoms with Crippen molar-refractivity contribution in [2.45, 2.75) is 7.43 Å². The molecule has 1 rings (SSSR count). The number of nitrogens with zero attached hydrogens (tertiary/aromatic N) is 1. The predicted molar refractivity (Wildman–Crippen MR) is 48.0 cm³/mol. The number of nitrogens with one attached hydrogen (secondary N) is 1. The van der Waals surface area contributed by atoms with Crippen LogP contribution < -0.4 is 10.9 Å². The molecule has 0 aromatic carbocycles. The molecule has 3 nitrogen and oxygen atoms in total. The molecule has 0 saturated heterocycles. The van der Waals surface area contributed by atoms with Gasteiger partial charge in [0.1, 0.15) is 5.69 Å². The minimum Gasteiger partial charge on any atom is -0.384 e. The highest BCUT2D eigenvalue weighted by atomic mass is 16.1. The van der Waals surface area contributed by atoms with Crippen molar-refractivity contribution in [3.8, 4) is 0 Å². The fourth-order valence-electron chi connectivity index (χ4n) is 0.788. The van der Waals surface area contributed by atoms with E-state index in [4.69, 9.17) is 0 Å². The summed E-state index contributed by atoms with van der Waals surface area (Å²) in [6.45, 7) is 0. The fourth-order valence-corrected chi connectivity index (χ4v) is 0.788. The first-order chi connectivity index (χ1) is 4.75. The third kappa shape index (κ3) is 1.83. The van der Waals surface area contributed by atoms with Gasteiger partial charge in [0.05, 0.1) is 0 Å². The smallest absolute Gasteiger partial charge is 0.273 e. The Balaban J connectivity index is 0.000001000. The van der Waals surface area contributed by atoms with Gasteiger partial charge in [0, 0.05) is 20.3 Å². The van der Waals surface area contributed by atoms with Crippen LogP contribution in [0, 0.1) is 0 Å². The van der Waals surface area contributed by atoms with Crippen molar-refractivity contribution in [1.82, 2.24) is 4.57 Å². The maximum absolute atomic E-state index is 11.1. The Kier molecular flexibility index (Phi) is 3.37. The zero-order chi connectivity index (χ0) is 7.56. The first-order valence-corrected chi connectivity index (χ1v) is 3.09. The summed E-state index contributed by atoms with van der Waals surface area (Å²) in [7, 11) is 3.46. The van der Waals surface area contributed by atoms with Gasteiger partial charge < -0.3 is 9.88 Å². The van der Waals surface area contributed by atoms with Crippen LogP contribution in [-0.2, 0) is 7.05 Å². The quantitative estimate of drug-likeness (QED) is 0.656. The second-order valence-electron chi connectivity index (χ2n) is 2.09. The summed E-state index contributed by atoms with van der Waals surface area (Å²) in [6.07, 6.45) is 1.73. The van der Waals surface area contributed by atoms with Gasteiger partial charge in [-0.3, -0.25) is 4.79 Å². The Labute approximate surface area is 66.7 Å². The number of rotatable bonds is 1. The van der Waals surface area contributed by atoms with Crippen LogP contribution in [0.4, 0.5) is 5.69 Å². The molecule has 0 fully saturated rings. The Bertz CT molecular complexity index is 278. The molecule has 0 unspecified atom stereocenters. The van der Waals surface area contributed by atoms with E-state index in [-0.39, 0.29) is 13.0 Å². The van der Waals surface area contributed by atoms with Crippen LogP contribution >= 0.6 is 0 Å². The van der Waals surface area contributed by atoms with E-state index in [1.807, 2.05) is 6.07 Å². The van der Waals surface area contributed by atoms with Crippen LogP contribution in [-0.4, -0.2) is 11.6 Å². The highest BCUT2D eigenvalue weighted by Crippen LogP contribution is 1.93. The fraction of sp³-hybridized carbons (Fsp3) is 0.375. The summed E-state index contributed by atoms with van der Waals surface area (Å²) in [5, 5.41) is 2.80. The lowest BCUT2D eigenvalue weighted by molar-refractivity contribution is 0.862. The van der Waals surface area contributed by atoms with E-state index in [1.54, 1.807) is 26.4 Å². The highest BCUT2D eigenvalue weighted by molar-refractivity contribution is 5.38. The SMILES string of the molecule is C.CNc1cccn(C)c1=O.